The quantitative estimate of drug-likeness (QED) is 0.786. The van der Waals surface area contributed by atoms with Gasteiger partial charge in [-0.05, 0) is 30.5 Å². The predicted molar refractivity (Wildman–Crippen MR) is 81.7 cm³/mol. The summed E-state index contributed by atoms with van der Waals surface area (Å²) in [6.45, 7) is 0. The van der Waals surface area contributed by atoms with E-state index in [0.717, 1.165) is 36.1 Å². The van der Waals surface area contributed by atoms with Crippen LogP contribution in [-0.2, 0) is 12.8 Å². The molecule has 2 aromatic heterocycles. The van der Waals surface area contributed by atoms with Crippen molar-refractivity contribution in [3.63, 3.8) is 0 Å². The normalized spacial score (nSPS) is 11.0. The van der Waals surface area contributed by atoms with Crippen molar-refractivity contribution in [1.82, 2.24) is 20.2 Å². The standard InChI is InChI=1S/C15H15ClN4O/c1-21-13-7-10(5-6-12(13)16)3-2-4-14-17-8-11-9-18-20-15(11)19-14/h5-9H,2-4H2,1H3,(H,17,18,19,20). The van der Waals surface area contributed by atoms with Gasteiger partial charge in [0.05, 0.1) is 23.7 Å². The summed E-state index contributed by atoms with van der Waals surface area (Å²) in [5.74, 6) is 1.54. The Morgan fingerprint density at radius 2 is 2.14 bits per heavy atom. The van der Waals surface area contributed by atoms with Crippen LogP contribution >= 0.6 is 11.6 Å². The lowest BCUT2D eigenvalue weighted by Crippen LogP contribution is -1.97. The van der Waals surface area contributed by atoms with E-state index in [2.05, 4.69) is 20.2 Å². The first kappa shape index (κ1) is 13.8. The van der Waals surface area contributed by atoms with Crippen molar-refractivity contribution in [3.8, 4) is 5.75 Å². The Balaban J connectivity index is 1.62. The van der Waals surface area contributed by atoms with Crippen molar-refractivity contribution in [2.75, 3.05) is 7.11 Å². The van der Waals surface area contributed by atoms with Crippen LogP contribution in [0.3, 0.4) is 0 Å². The fourth-order valence-electron chi connectivity index (χ4n) is 2.21. The number of hydrogen-bond acceptors (Lipinski definition) is 4. The van der Waals surface area contributed by atoms with Crippen LogP contribution in [0.25, 0.3) is 11.0 Å². The molecule has 108 valence electrons. The van der Waals surface area contributed by atoms with Crippen LogP contribution in [-0.4, -0.2) is 27.3 Å². The lowest BCUT2D eigenvalue weighted by atomic mass is 10.1. The van der Waals surface area contributed by atoms with Gasteiger partial charge in [-0.25, -0.2) is 9.97 Å². The maximum absolute atomic E-state index is 6.02. The number of methoxy groups -OCH3 is 1. The van der Waals surface area contributed by atoms with Crippen molar-refractivity contribution in [2.45, 2.75) is 19.3 Å². The Bertz CT molecular complexity index is 756. The average molecular weight is 303 g/mol. The van der Waals surface area contributed by atoms with Crippen LogP contribution in [0, 0.1) is 0 Å². The Labute approximate surface area is 127 Å². The van der Waals surface area contributed by atoms with Gasteiger partial charge in [0, 0.05) is 12.6 Å². The first-order valence-corrected chi connectivity index (χ1v) is 7.11. The Hall–Kier alpha value is -2.14. The highest BCUT2D eigenvalue weighted by Crippen LogP contribution is 2.25. The fraction of sp³-hybridized carbons (Fsp3) is 0.267. The molecule has 0 atom stereocenters. The summed E-state index contributed by atoms with van der Waals surface area (Å²) in [7, 11) is 1.62. The zero-order valence-electron chi connectivity index (χ0n) is 11.6. The van der Waals surface area contributed by atoms with E-state index in [4.69, 9.17) is 16.3 Å². The molecule has 0 aliphatic heterocycles. The first-order chi connectivity index (χ1) is 10.3. The monoisotopic (exact) mass is 302 g/mol. The summed E-state index contributed by atoms with van der Waals surface area (Å²) < 4.78 is 5.22. The number of ether oxygens (including phenoxy) is 1. The average Bonchev–Trinajstić information content (AvgIpc) is 2.96. The minimum atomic E-state index is 0.634. The zero-order valence-corrected chi connectivity index (χ0v) is 12.4. The number of halogens is 1. The Kier molecular flexibility index (Phi) is 4.01. The van der Waals surface area contributed by atoms with Gasteiger partial charge in [0.1, 0.15) is 11.6 Å². The molecule has 3 rings (SSSR count). The second-order valence-electron chi connectivity index (χ2n) is 4.78. The highest BCUT2D eigenvalue weighted by atomic mass is 35.5. The number of aromatic nitrogens is 4. The molecule has 0 spiro atoms. The van der Waals surface area contributed by atoms with Gasteiger partial charge in [-0.3, -0.25) is 5.10 Å². The van der Waals surface area contributed by atoms with E-state index in [1.807, 2.05) is 18.2 Å². The van der Waals surface area contributed by atoms with Crippen LogP contribution in [0.1, 0.15) is 17.8 Å². The number of fused-ring (bicyclic) bond motifs is 1. The minimum Gasteiger partial charge on any atom is -0.495 e. The molecule has 5 nitrogen and oxygen atoms in total. The SMILES string of the molecule is COc1cc(CCCc2ncc3cn[nH]c3n2)ccc1Cl. The molecule has 21 heavy (non-hydrogen) atoms. The van der Waals surface area contributed by atoms with Crippen molar-refractivity contribution in [3.05, 3.63) is 47.0 Å². The Morgan fingerprint density at radius 3 is 3.00 bits per heavy atom. The number of nitrogens with one attached hydrogen (secondary N) is 1. The van der Waals surface area contributed by atoms with Gasteiger partial charge < -0.3 is 4.74 Å². The molecule has 0 saturated heterocycles. The van der Waals surface area contributed by atoms with Gasteiger partial charge >= 0.3 is 0 Å². The summed E-state index contributed by atoms with van der Waals surface area (Å²) in [4.78, 5) is 8.78. The molecule has 2 heterocycles. The first-order valence-electron chi connectivity index (χ1n) is 6.73. The molecule has 1 N–H and O–H groups in total. The van der Waals surface area contributed by atoms with Gasteiger partial charge in [-0.1, -0.05) is 17.7 Å². The highest BCUT2D eigenvalue weighted by molar-refractivity contribution is 6.32. The van der Waals surface area contributed by atoms with E-state index in [1.165, 1.54) is 5.56 Å². The zero-order chi connectivity index (χ0) is 14.7. The van der Waals surface area contributed by atoms with Gasteiger partial charge in [0.15, 0.2) is 5.65 Å². The van der Waals surface area contributed by atoms with E-state index < -0.39 is 0 Å². The number of nitrogens with zero attached hydrogens (tertiary/aromatic N) is 3. The molecular weight excluding hydrogens is 288 g/mol. The third-order valence-electron chi connectivity index (χ3n) is 3.32. The highest BCUT2D eigenvalue weighted by Gasteiger charge is 2.04. The second kappa shape index (κ2) is 6.10. The molecule has 0 aliphatic rings. The van der Waals surface area contributed by atoms with E-state index in [-0.39, 0.29) is 0 Å². The molecule has 1 aromatic carbocycles. The fourth-order valence-corrected chi connectivity index (χ4v) is 2.40. The lowest BCUT2D eigenvalue weighted by molar-refractivity contribution is 0.414. The summed E-state index contributed by atoms with van der Waals surface area (Å²) in [6.07, 6.45) is 6.23. The van der Waals surface area contributed by atoms with Crippen molar-refractivity contribution in [2.24, 2.45) is 0 Å². The maximum Gasteiger partial charge on any atom is 0.158 e. The van der Waals surface area contributed by atoms with E-state index >= 15 is 0 Å². The molecule has 0 aliphatic carbocycles. The van der Waals surface area contributed by atoms with E-state index in [0.29, 0.717) is 10.8 Å². The van der Waals surface area contributed by atoms with Gasteiger partial charge in [0.25, 0.3) is 0 Å². The molecule has 0 unspecified atom stereocenters. The molecule has 3 aromatic rings. The van der Waals surface area contributed by atoms with Crippen LogP contribution in [0.15, 0.2) is 30.6 Å². The summed E-state index contributed by atoms with van der Waals surface area (Å²) >= 11 is 6.02. The Morgan fingerprint density at radius 1 is 1.24 bits per heavy atom. The summed E-state index contributed by atoms with van der Waals surface area (Å²) in [6, 6.07) is 5.86. The number of rotatable bonds is 5. The summed E-state index contributed by atoms with van der Waals surface area (Å²) in [5.41, 5.74) is 1.98. The van der Waals surface area contributed by atoms with E-state index in [1.54, 1.807) is 19.5 Å². The largest absolute Gasteiger partial charge is 0.495 e. The van der Waals surface area contributed by atoms with Gasteiger partial charge in [-0.15, -0.1) is 0 Å². The van der Waals surface area contributed by atoms with Crippen molar-refractivity contribution in [1.29, 1.82) is 0 Å². The van der Waals surface area contributed by atoms with Gasteiger partial charge in [-0.2, -0.15) is 5.10 Å². The molecule has 0 fully saturated rings. The van der Waals surface area contributed by atoms with Gasteiger partial charge in [0.2, 0.25) is 0 Å². The van der Waals surface area contributed by atoms with Crippen LogP contribution in [0.2, 0.25) is 5.02 Å². The van der Waals surface area contributed by atoms with Crippen molar-refractivity contribution < 1.29 is 4.74 Å². The molecule has 6 heteroatoms. The smallest absolute Gasteiger partial charge is 0.158 e. The second-order valence-corrected chi connectivity index (χ2v) is 5.19. The summed E-state index contributed by atoms with van der Waals surface area (Å²) in [5, 5.41) is 8.37. The molecule has 0 radical (unpaired) electrons. The van der Waals surface area contributed by atoms with Crippen LogP contribution in [0.5, 0.6) is 5.75 Å². The number of benzene rings is 1. The third kappa shape index (κ3) is 3.13. The third-order valence-corrected chi connectivity index (χ3v) is 3.63. The molecule has 0 bridgehead atoms. The minimum absolute atomic E-state index is 0.634. The number of H-pyrrole nitrogens is 1. The predicted octanol–water partition coefficient (Wildman–Crippen LogP) is 3.19. The van der Waals surface area contributed by atoms with E-state index in [9.17, 15) is 0 Å². The molecule has 0 saturated carbocycles. The van der Waals surface area contributed by atoms with Crippen LogP contribution < -0.4 is 4.74 Å². The number of hydrogen-bond donors (Lipinski definition) is 1. The number of aryl methyl sites for hydroxylation is 2. The number of aromatic amines is 1. The molecule has 0 amide bonds. The maximum atomic E-state index is 6.02. The van der Waals surface area contributed by atoms with Crippen LogP contribution in [0.4, 0.5) is 0 Å². The van der Waals surface area contributed by atoms with Crippen molar-refractivity contribution >= 4 is 22.6 Å². The topological polar surface area (TPSA) is 63.7 Å². The molecular formula is C15H15ClN4O. The lowest BCUT2D eigenvalue weighted by Gasteiger charge is -2.06.